The predicted octanol–water partition coefficient (Wildman–Crippen LogP) is 2.52. The molecule has 1 aromatic rings. The Morgan fingerprint density at radius 1 is 1.55 bits per heavy atom. The summed E-state index contributed by atoms with van der Waals surface area (Å²) in [5.74, 6) is 0.306. The van der Waals surface area contributed by atoms with Crippen molar-refractivity contribution in [2.24, 2.45) is 5.92 Å². The van der Waals surface area contributed by atoms with Crippen LogP contribution in [0, 0.1) is 11.7 Å². The Morgan fingerprint density at radius 2 is 2.32 bits per heavy atom. The minimum atomic E-state index is -0.326. The smallest absolute Gasteiger partial charge is 0.223 e. The lowest BCUT2D eigenvalue weighted by atomic mass is 9.92. The molecule has 1 aliphatic heterocycles. The van der Waals surface area contributed by atoms with Gasteiger partial charge in [0, 0.05) is 18.0 Å². The summed E-state index contributed by atoms with van der Waals surface area (Å²) < 4.78 is 18.6. The standard InChI is InChI=1S/C16H23FN2O2.ClH/c1-11-8-13(6-7-18-11)16(20)19-10-12(2)21-15-5-3-4-14(17)9-15;/h3-5,9,11-13,18H,6-8,10H2,1-2H3,(H,19,20);1H/t11-,12?,13-;/m0./s1. The molecular weight excluding hydrogens is 307 g/mol. The second-order valence-corrected chi connectivity index (χ2v) is 5.71. The molecule has 0 aliphatic carbocycles. The van der Waals surface area contributed by atoms with Gasteiger partial charge in [-0.2, -0.15) is 0 Å². The fourth-order valence-electron chi connectivity index (χ4n) is 2.57. The van der Waals surface area contributed by atoms with Crippen LogP contribution >= 0.6 is 12.4 Å². The van der Waals surface area contributed by atoms with Crippen LogP contribution in [0.2, 0.25) is 0 Å². The van der Waals surface area contributed by atoms with Crippen LogP contribution in [-0.4, -0.2) is 31.1 Å². The number of carbonyl (C=O) groups excluding carboxylic acids is 1. The molecule has 0 saturated carbocycles. The lowest BCUT2D eigenvalue weighted by molar-refractivity contribution is -0.126. The zero-order valence-electron chi connectivity index (χ0n) is 13.0. The van der Waals surface area contributed by atoms with E-state index in [9.17, 15) is 9.18 Å². The Balaban J connectivity index is 0.00000242. The van der Waals surface area contributed by atoms with Gasteiger partial charge in [0.2, 0.25) is 5.91 Å². The van der Waals surface area contributed by atoms with Crippen molar-refractivity contribution >= 4 is 18.3 Å². The van der Waals surface area contributed by atoms with E-state index in [0.29, 0.717) is 18.3 Å². The van der Waals surface area contributed by atoms with Gasteiger partial charge in [0.05, 0.1) is 6.54 Å². The number of ether oxygens (including phenoxy) is 1. The van der Waals surface area contributed by atoms with Gasteiger partial charge in [0.15, 0.2) is 0 Å². The van der Waals surface area contributed by atoms with Gasteiger partial charge in [-0.1, -0.05) is 6.07 Å². The third-order valence-electron chi connectivity index (χ3n) is 3.69. The zero-order chi connectivity index (χ0) is 15.2. The van der Waals surface area contributed by atoms with Crippen LogP contribution < -0.4 is 15.4 Å². The van der Waals surface area contributed by atoms with Gasteiger partial charge in [-0.15, -0.1) is 12.4 Å². The molecule has 1 amide bonds. The van der Waals surface area contributed by atoms with Gasteiger partial charge in [-0.25, -0.2) is 4.39 Å². The predicted molar refractivity (Wildman–Crippen MR) is 86.9 cm³/mol. The summed E-state index contributed by atoms with van der Waals surface area (Å²) >= 11 is 0. The summed E-state index contributed by atoms with van der Waals surface area (Å²) in [7, 11) is 0. The first-order valence-corrected chi connectivity index (χ1v) is 7.48. The van der Waals surface area contributed by atoms with E-state index in [0.717, 1.165) is 19.4 Å². The Kier molecular flexibility index (Phi) is 7.62. The minimum Gasteiger partial charge on any atom is -0.489 e. The highest BCUT2D eigenvalue weighted by Crippen LogP contribution is 2.16. The summed E-state index contributed by atoms with van der Waals surface area (Å²) in [6.07, 6.45) is 1.54. The van der Waals surface area contributed by atoms with Gasteiger partial charge >= 0.3 is 0 Å². The highest BCUT2D eigenvalue weighted by atomic mass is 35.5. The highest BCUT2D eigenvalue weighted by Gasteiger charge is 2.24. The molecule has 22 heavy (non-hydrogen) atoms. The van der Waals surface area contributed by atoms with E-state index < -0.39 is 0 Å². The molecule has 2 rings (SSSR count). The fraction of sp³-hybridized carbons (Fsp3) is 0.562. The second kappa shape index (κ2) is 8.96. The topological polar surface area (TPSA) is 50.4 Å². The number of carbonyl (C=O) groups is 1. The molecular formula is C16H24ClFN2O2. The molecule has 1 heterocycles. The number of benzene rings is 1. The van der Waals surface area contributed by atoms with E-state index in [1.807, 2.05) is 6.92 Å². The molecule has 1 aromatic carbocycles. The van der Waals surface area contributed by atoms with Crippen molar-refractivity contribution < 1.29 is 13.9 Å². The Morgan fingerprint density at radius 3 is 3.00 bits per heavy atom. The molecule has 1 aliphatic rings. The van der Waals surface area contributed by atoms with Crippen LogP contribution in [0.3, 0.4) is 0 Å². The number of amides is 1. The van der Waals surface area contributed by atoms with Crippen LogP contribution in [0.15, 0.2) is 24.3 Å². The van der Waals surface area contributed by atoms with Crippen molar-refractivity contribution in [2.75, 3.05) is 13.1 Å². The van der Waals surface area contributed by atoms with Crippen molar-refractivity contribution in [1.29, 1.82) is 0 Å². The monoisotopic (exact) mass is 330 g/mol. The lowest BCUT2D eigenvalue weighted by Gasteiger charge is -2.27. The van der Waals surface area contributed by atoms with E-state index in [1.54, 1.807) is 12.1 Å². The van der Waals surface area contributed by atoms with Crippen molar-refractivity contribution in [3.8, 4) is 5.75 Å². The summed E-state index contributed by atoms with van der Waals surface area (Å²) in [5, 5.41) is 6.25. The molecule has 1 unspecified atom stereocenters. The van der Waals surface area contributed by atoms with E-state index in [1.165, 1.54) is 12.1 Å². The molecule has 4 nitrogen and oxygen atoms in total. The molecule has 1 fully saturated rings. The van der Waals surface area contributed by atoms with Crippen LogP contribution in [-0.2, 0) is 4.79 Å². The van der Waals surface area contributed by atoms with Crippen molar-refractivity contribution in [3.05, 3.63) is 30.1 Å². The second-order valence-electron chi connectivity index (χ2n) is 5.71. The number of rotatable bonds is 5. The van der Waals surface area contributed by atoms with Gasteiger partial charge in [0.25, 0.3) is 0 Å². The summed E-state index contributed by atoms with van der Waals surface area (Å²) in [4.78, 5) is 12.1. The Hall–Kier alpha value is -1.33. The maximum absolute atomic E-state index is 13.1. The first-order chi connectivity index (χ1) is 10.0. The third-order valence-corrected chi connectivity index (χ3v) is 3.69. The van der Waals surface area contributed by atoms with E-state index in [2.05, 4.69) is 17.6 Å². The molecule has 1 saturated heterocycles. The average Bonchev–Trinajstić information content (AvgIpc) is 2.45. The average molecular weight is 331 g/mol. The molecule has 0 bridgehead atoms. The summed E-state index contributed by atoms with van der Waals surface area (Å²) in [5.41, 5.74) is 0. The fourth-order valence-corrected chi connectivity index (χ4v) is 2.57. The quantitative estimate of drug-likeness (QED) is 0.872. The molecule has 0 spiro atoms. The first kappa shape index (κ1) is 18.7. The molecule has 2 N–H and O–H groups in total. The molecule has 0 aromatic heterocycles. The molecule has 3 atom stereocenters. The van der Waals surface area contributed by atoms with Crippen LogP contribution in [0.4, 0.5) is 4.39 Å². The Bertz CT molecular complexity index is 487. The number of nitrogens with one attached hydrogen (secondary N) is 2. The van der Waals surface area contributed by atoms with E-state index >= 15 is 0 Å². The van der Waals surface area contributed by atoms with Crippen molar-refractivity contribution in [3.63, 3.8) is 0 Å². The van der Waals surface area contributed by atoms with Crippen molar-refractivity contribution in [2.45, 2.75) is 38.8 Å². The highest BCUT2D eigenvalue weighted by molar-refractivity contribution is 5.85. The third kappa shape index (κ3) is 5.81. The van der Waals surface area contributed by atoms with Gasteiger partial charge in [0.1, 0.15) is 17.7 Å². The van der Waals surface area contributed by atoms with Crippen molar-refractivity contribution in [1.82, 2.24) is 10.6 Å². The van der Waals surface area contributed by atoms with E-state index in [4.69, 9.17) is 4.74 Å². The number of hydrogen-bond acceptors (Lipinski definition) is 3. The maximum atomic E-state index is 13.1. The molecule has 6 heteroatoms. The minimum absolute atomic E-state index is 0. The SMILES string of the molecule is CC(CNC(=O)[C@H]1CCN[C@@H](C)C1)Oc1cccc(F)c1.Cl. The zero-order valence-corrected chi connectivity index (χ0v) is 13.8. The normalized spacial score (nSPS) is 22.3. The first-order valence-electron chi connectivity index (χ1n) is 7.48. The van der Waals surface area contributed by atoms with Gasteiger partial charge < -0.3 is 15.4 Å². The van der Waals surface area contributed by atoms with Gasteiger partial charge in [-0.05, 0) is 45.4 Å². The number of halogens is 2. The van der Waals surface area contributed by atoms with Crippen LogP contribution in [0.25, 0.3) is 0 Å². The molecule has 0 radical (unpaired) electrons. The number of hydrogen-bond donors (Lipinski definition) is 2. The van der Waals surface area contributed by atoms with E-state index in [-0.39, 0.29) is 36.2 Å². The number of piperidine rings is 1. The summed E-state index contributed by atoms with van der Waals surface area (Å²) in [6.45, 7) is 5.26. The lowest BCUT2D eigenvalue weighted by Crippen LogP contribution is -2.44. The largest absolute Gasteiger partial charge is 0.489 e. The summed E-state index contributed by atoms with van der Waals surface area (Å²) in [6, 6.07) is 6.41. The van der Waals surface area contributed by atoms with Crippen LogP contribution in [0.5, 0.6) is 5.75 Å². The maximum Gasteiger partial charge on any atom is 0.223 e. The molecule has 124 valence electrons. The van der Waals surface area contributed by atoms with Gasteiger partial charge in [-0.3, -0.25) is 4.79 Å². The Labute approximate surface area is 137 Å². The van der Waals surface area contributed by atoms with Crippen LogP contribution in [0.1, 0.15) is 26.7 Å².